The van der Waals surface area contributed by atoms with Gasteiger partial charge in [-0.1, -0.05) is 18.1 Å². The lowest BCUT2D eigenvalue weighted by Gasteiger charge is -2.28. The fourth-order valence-corrected chi connectivity index (χ4v) is 2.33. The molecule has 1 fully saturated rings. The Morgan fingerprint density at radius 2 is 2.05 bits per heavy atom. The number of piperidine rings is 1. The molecular formula is C14H18N4O. The monoisotopic (exact) mass is 258 g/mol. The Kier molecular flexibility index (Phi) is 3.11. The van der Waals surface area contributed by atoms with Gasteiger partial charge in [0.2, 0.25) is 5.89 Å². The van der Waals surface area contributed by atoms with Gasteiger partial charge in [-0.2, -0.15) is 0 Å². The van der Waals surface area contributed by atoms with Gasteiger partial charge in [-0.05, 0) is 37.0 Å². The van der Waals surface area contributed by atoms with E-state index in [-0.39, 0.29) is 0 Å². The summed E-state index contributed by atoms with van der Waals surface area (Å²) >= 11 is 0. The number of rotatable bonds is 2. The summed E-state index contributed by atoms with van der Waals surface area (Å²) in [6.07, 6.45) is 2.35. The van der Waals surface area contributed by atoms with Gasteiger partial charge >= 0.3 is 6.01 Å². The summed E-state index contributed by atoms with van der Waals surface area (Å²) < 4.78 is 5.75. The lowest BCUT2D eigenvalue weighted by molar-refractivity contribution is 0.414. The molecule has 1 aromatic heterocycles. The van der Waals surface area contributed by atoms with E-state index in [0.717, 1.165) is 24.6 Å². The number of hydrogen-bond donors (Lipinski definition) is 1. The number of nitrogens with two attached hydrogens (primary N) is 1. The maximum absolute atomic E-state index is 5.76. The molecule has 0 amide bonds. The molecule has 1 aromatic carbocycles. The molecule has 1 aliphatic heterocycles. The fraction of sp³-hybridized carbons (Fsp3) is 0.429. The van der Waals surface area contributed by atoms with Crippen molar-refractivity contribution in [2.24, 2.45) is 5.92 Å². The van der Waals surface area contributed by atoms with Crippen LogP contribution in [0, 0.1) is 5.92 Å². The van der Waals surface area contributed by atoms with Gasteiger partial charge in [0.15, 0.2) is 0 Å². The van der Waals surface area contributed by atoms with Crippen LogP contribution < -0.4 is 10.6 Å². The van der Waals surface area contributed by atoms with E-state index in [0.29, 0.717) is 17.6 Å². The molecule has 0 saturated carbocycles. The first kappa shape index (κ1) is 12.0. The highest BCUT2D eigenvalue weighted by Gasteiger charge is 2.20. The van der Waals surface area contributed by atoms with E-state index >= 15 is 0 Å². The second-order valence-corrected chi connectivity index (χ2v) is 5.18. The first-order valence-corrected chi connectivity index (χ1v) is 6.67. The zero-order valence-electron chi connectivity index (χ0n) is 11.0. The minimum absolute atomic E-state index is 0.529. The molecule has 3 rings (SSSR count). The van der Waals surface area contributed by atoms with Gasteiger partial charge in [0.25, 0.3) is 0 Å². The van der Waals surface area contributed by atoms with Crippen LogP contribution in [0.4, 0.5) is 11.7 Å². The molecule has 0 spiro atoms. The van der Waals surface area contributed by atoms with Crippen LogP contribution in [0.3, 0.4) is 0 Å². The molecule has 0 unspecified atom stereocenters. The number of anilines is 2. The van der Waals surface area contributed by atoms with E-state index in [1.54, 1.807) is 0 Å². The van der Waals surface area contributed by atoms with E-state index in [4.69, 9.17) is 10.2 Å². The van der Waals surface area contributed by atoms with Gasteiger partial charge in [0, 0.05) is 24.3 Å². The van der Waals surface area contributed by atoms with Gasteiger partial charge in [-0.15, -0.1) is 5.10 Å². The van der Waals surface area contributed by atoms with Crippen molar-refractivity contribution in [3.05, 3.63) is 24.3 Å². The number of aromatic nitrogens is 2. The first-order valence-electron chi connectivity index (χ1n) is 6.67. The van der Waals surface area contributed by atoms with Crippen molar-refractivity contribution in [2.75, 3.05) is 23.7 Å². The standard InChI is InChI=1S/C14H18N4O/c1-10-5-7-18(8-6-10)14-17-16-13(19-14)11-3-2-4-12(15)9-11/h2-4,9-10H,5-8,15H2,1H3. The number of nitrogen functional groups attached to an aromatic ring is 1. The molecule has 2 N–H and O–H groups in total. The van der Waals surface area contributed by atoms with Crippen LogP contribution in [0.2, 0.25) is 0 Å². The van der Waals surface area contributed by atoms with E-state index < -0.39 is 0 Å². The molecule has 1 saturated heterocycles. The SMILES string of the molecule is CC1CCN(c2nnc(-c3cccc(N)c3)o2)CC1. The predicted octanol–water partition coefficient (Wildman–Crippen LogP) is 2.56. The van der Waals surface area contributed by atoms with Gasteiger partial charge in [0.1, 0.15) is 0 Å². The maximum atomic E-state index is 5.76. The fourth-order valence-electron chi connectivity index (χ4n) is 2.33. The van der Waals surface area contributed by atoms with Crippen molar-refractivity contribution in [3.63, 3.8) is 0 Å². The van der Waals surface area contributed by atoms with Crippen molar-refractivity contribution in [1.82, 2.24) is 10.2 Å². The highest BCUT2D eigenvalue weighted by Crippen LogP contribution is 2.26. The Morgan fingerprint density at radius 3 is 2.79 bits per heavy atom. The summed E-state index contributed by atoms with van der Waals surface area (Å²) in [4.78, 5) is 2.16. The highest BCUT2D eigenvalue weighted by atomic mass is 16.4. The molecule has 2 aromatic rings. The third kappa shape index (κ3) is 2.54. The van der Waals surface area contributed by atoms with E-state index in [9.17, 15) is 0 Å². The van der Waals surface area contributed by atoms with Gasteiger partial charge in [0.05, 0.1) is 0 Å². The Morgan fingerprint density at radius 1 is 1.26 bits per heavy atom. The molecule has 19 heavy (non-hydrogen) atoms. The second kappa shape index (κ2) is 4.91. The molecule has 100 valence electrons. The van der Waals surface area contributed by atoms with Gasteiger partial charge in [-0.25, -0.2) is 0 Å². The first-order chi connectivity index (χ1) is 9.22. The normalized spacial score (nSPS) is 16.8. The zero-order valence-corrected chi connectivity index (χ0v) is 11.0. The average Bonchev–Trinajstić information content (AvgIpc) is 2.89. The lowest BCUT2D eigenvalue weighted by atomic mass is 10.00. The van der Waals surface area contributed by atoms with E-state index in [1.807, 2.05) is 24.3 Å². The van der Waals surface area contributed by atoms with Crippen molar-refractivity contribution < 1.29 is 4.42 Å². The van der Waals surface area contributed by atoms with Crippen molar-refractivity contribution in [2.45, 2.75) is 19.8 Å². The third-order valence-corrected chi connectivity index (χ3v) is 3.60. The van der Waals surface area contributed by atoms with Crippen molar-refractivity contribution in [3.8, 4) is 11.5 Å². The van der Waals surface area contributed by atoms with Crippen LogP contribution >= 0.6 is 0 Å². The Hall–Kier alpha value is -2.04. The van der Waals surface area contributed by atoms with Crippen molar-refractivity contribution in [1.29, 1.82) is 0 Å². The summed E-state index contributed by atoms with van der Waals surface area (Å²) in [5.74, 6) is 1.31. The Bertz CT molecular complexity index is 558. The van der Waals surface area contributed by atoms with Crippen LogP contribution in [0.25, 0.3) is 11.5 Å². The topological polar surface area (TPSA) is 68.2 Å². The van der Waals surface area contributed by atoms with Gasteiger partial charge < -0.3 is 15.1 Å². The van der Waals surface area contributed by atoms with E-state index in [2.05, 4.69) is 22.0 Å². The van der Waals surface area contributed by atoms with Gasteiger partial charge in [-0.3, -0.25) is 0 Å². The molecule has 1 aliphatic rings. The van der Waals surface area contributed by atoms with Crippen LogP contribution in [0.15, 0.2) is 28.7 Å². The predicted molar refractivity (Wildman–Crippen MR) is 74.8 cm³/mol. The molecule has 0 bridgehead atoms. The largest absolute Gasteiger partial charge is 0.403 e. The summed E-state index contributed by atoms with van der Waals surface area (Å²) in [7, 11) is 0. The average molecular weight is 258 g/mol. The summed E-state index contributed by atoms with van der Waals surface area (Å²) in [6, 6.07) is 8.11. The molecule has 2 heterocycles. The Balaban J connectivity index is 1.80. The van der Waals surface area contributed by atoms with Crippen molar-refractivity contribution >= 4 is 11.7 Å². The highest BCUT2D eigenvalue weighted by molar-refractivity contribution is 5.59. The molecule has 5 heteroatoms. The van der Waals surface area contributed by atoms with Crippen LogP contribution in [0.5, 0.6) is 0 Å². The smallest absolute Gasteiger partial charge is 0.318 e. The molecular weight excluding hydrogens is 240 g/mol. The summed E-state index contributed by atoms with van der Waals surface area (Å²) in [5, 5.41) is 8.25. The second-order valence-electron chi connectivity index (χ2n) is 5.18. The quantitative estimate of drug-likeness (QED) is 0.838. The lowest BCUT2D eigenvalue weighted by Crippen LogP contribution is -2.32. The number of hydrogen-bond acceptors (Lipinski definition) is 5. The molecule has 5 nitrogen and oxygen atoms in total. The van der Waals surface area contributed by atoms with Crippen LogP contribution in [-0.2, 0) is 0 Å². The van der Waals surface area contributed by atoms with E-state index in [1.165, 1.54) is 12.8 Å². The van der Waals surface area contributed by atoms with Crippen LogP contribution in [0.1, 0.15) is 19.8 Å². The number of benzene rings is 1. The minimum atomic E-state index is 0.529. The summed E-state index contributed by atoms with van der Waals surface area (Å²) in [6.45, 7) is 4.25. The minimum Gasteiger partial charge on any atom is -0.403 e. The maximum Gasteiger partial charge on any atom is 0.318 e. The molecule has 0 aliphatic carbocycles. The Labute approximate surface area is 112 Å². The zero-order chi connectivity index (χ0) is 13.2. The third-order valence-electron chi connectivity index (χ3n) is 3.60. The molecule has 0 atom stereocenters. The molecule has 0 radical (unpaired) electrons. The number of nitrogens with zero attached hydrogens (tertiary/aromatic N) is 3. The van der Waals surface area contributed by atoms with Crippen LogP contribution in [-0.4, -0.2) is 23.3 Å². The summed E-state index contributed by atoms with van der Waals surface area (Å²) in [5.41, 5.74) is 7.32.